The first-order valence-electron chi connectivity index (χ1n) is 4.50. The maximum atomic E-state index is 11.2. The van der Waals surface area contributed by atoms with E-state index in [1.165, 1.54) is 0 Å². The molecule has 0 radical (unpaired) electrons. The third kappa shape index (κ3) is 7.84. The van der Waals surface area contributed by atoms with Crippen LogP contribution in [-0.2, 0) is 4.74 Å². The fourth-order valence-corrected chi connectivity index (χ4v) is 2.46. The van der Waals surface area contributed by atoms with Crippen molar-refractivity contribution in [2.75, 3.05) is 6.61 Å². The third-order valence-corrected chi connectivity index (χ3v) is 10.4. The summed E-state index contributed by atoms with van der Waals surface area (Å²) in [4.78, 5) is 6.91. The minimum Gasteiger partial charge on any atom is 1.00 e. The molecule has 0 aliphatic carbocycles. The second-order valence-corrected chi connectivity index (χ2v) is 20.3. The van der Waals surface area contributed by atoms with E-state index in [0.717, 1.165) is 0 Å². The van der Waals surface area contributed by atoms with Crippen molar-refractivity contribution < 1.29 is 28.7 Å². The minimum atomic E-state index is -1.94. The van der Waals surface area contributed by atoms with Crippen LogP contribution in [0.2, 0.25) is 18.8 Å². The maximum Gasteiger partial charge on any atom is 1.00 e. The first-order valence-corrected chi connectivity index (χ1v) is 14.7. The van der Waals surface area contributed by atoms with Crippen molar-refractivity contribution in [1.82, 2.24) is 0 Å². The van der Waals surface area contributed by atoms with Gasteiger partial charge in [-0.1, -0.05) is 0 Å². The van der Waals surface area contributed by atoms with Gasteiger partial charge in [-0.3, -0.25) is 0 Å². The first kappa shape index (κ1) is 16.9. The Labute approximate surface area is 103 Å². The largest absolute Gasteiger partial charge is 1.00 e. The van der Waals surface area contributed by atoms with Gasteiger partial charge in [-0.05, 0) is 0 Å². The second kappa shape index (κ2) is 7.73. The zero-order chi connectivity index (χ0) is 10.5. The van der Waals surface area contributed by atoms with Crippen LogP contribution in [0, 0.1) is 0 Å². The van der Waals surface area contributed by atoms with Gasteiger partial charge in [0.25, 0.3) is 0 Å². The molecule has 0 bridgehead atoms. The Kier molecular flexibility index (Phi) is 9.32. The van der Waals surface area contributed by atoms with Crippen LogP contribution >= 0.6 is 0 Å². The molecule has 0 aromatic carbocycles. The molecule has 0 amide bonds. The summed E-state index contributed by atoms with van der Waals surface area (Å²) in [5, 5.41) is 11.2. The molecule has 0 saturated heterocycles. The van der Waals surface area contributed by atoms with Crippen LogP contribution in [-0.4, -0.2) is 25.0 Å². The molecule has 4 heteroatoms. The fraction of sp³-hybridized carbons (Fsp3) is 0.600. The molecule has 0 heterocycles. The van der Waals surface area contributed by atoms with Crippen LogP contribution < -0.4 is 24.0 Å². The molecular formula is C10H19LiO2Sn. The monoisotopic (exact) mass is 298 g/mol. The molecule has 0 saturated carbocycles. The van der Waals surface area contributed by atoms with Crippen molar-refractivity contribution in [1.29, 1.82) is 0 Å². The summed E-state index contributed by atoms with van der Waals surface area (Å²) in [7, 11) is 0. The summed E-state index contributed by atoms with van der Waals surface area (Å²) in [6.45, 7) is 5.89. The smallest absolute Gasteiger partial charge is 1.00 e. The molecule has 14 heavy (non-hydrogen) atoms. The van der Waals surface area contributed by atoms with Crippen LogP contribution in [0.4, 0.5) is 0 Å². The molecule has 0 aliphatic heterocycles. The van der Waals surface area contributed by atoms with Crippen LogP contribution in [0.5, 0.6) is 0 Å². The van der Waals surface area contributed by atoms with Gasteiger partial charge in [-0.25, -0.2) is 0 Å². The van der Waals surface area contributed by atoms with Crippen LogP contribution in [0.3, 0.4) is 0 Å². The van der Waals surface area contributed by atoms with E-state index in [9.17, 15) is 5.11 Å². The Morgan fingerprint density at radius 1 is 1.50 bits per heavy atom. The Morgan fingerprint density at radius 3 is 2.36 bits per heavy atom. The topological polar surface area (TPSA) is 32.3 Å². The zero-order valence-electron chi connectivity index (χ0n) is 9.96. The maximum absolute atomic E-state index is 11.2. The van der Waals surface area contributed by atoms with Gasteiger partial charge < -0.3 is 0 Å². The number of hydrogen-bond donors (Lipinski definition) is 0. The van der Waals surface area contributed by atoms with E-state index in [1.807, 2.05) is 0 Å². The van der Waals surface area contributed by atoms with Gasteiger partial charge in [0, 0.05) is 0 Å². The number of rotatable bonds is 5. The van der Waals surface area contributed by atoms with Crippen molar-refractivity contribution in [2.45, 2.75) is 25.7 Å². The molecule has 1 atom stereocenters. The van der Waals surface area contributed by atoms with Gasteiger partial charge in [0.05, 0.1) is 0 Å². The van der Waals surface area contributed by atoms with Gasteiger partial charge in [0.1, 0.15) is 0 Å². The average Bonchev–Trinajstić information content (AvgIpc) is 1.99. The van der Waals surface area contributed by atoms with E-state index in [0.29, 0.717) is 10.5 Å². The first-order chi connectivity index (χ1) is 5.88. The third-order valence-electron chi connectivity index (χ3n) is 2.10. The van der Waals surface area contributed by atoms with Gasteiger partial charge in [0.2, 0.25) is 0 Å². The SMILES string of the molecule is C=CCO/C([O-])=C/[CH](C)[Sn]([CH3])([CH3])[CH3].[Li+]. The van der Waals surface area contributed by atoms with Gasteiger partial charge >= 0.3 is 104 Å². The number of hydrogen-bond acceptors (Lipinski definition) is 2. The molecule has 1 unspecified atom stereocenters. The summed E-state index contributed by atoms with van der Waals surface area (Å²) in [6.07, 6.45) is 3.29. The molecule has 0 rings (SSSR count). The molecule has 0 aromatic rings. The van der Waals surface area contributed by atoms with Gasteiger partial charge in [-0.15, -0.1) is 0 Å². The predicted octanol–water partition coefficient (Wildman–Crippen LogP) is -0.877. The quantitative estimate of drug-likeness (QED) is 0.375. The molecule has 0 aromatic heterocycles. The van der Waals surface area contributed by atoms with Crippen molar-refractivity contribution in [3.63, 3.8) is 0 Å². The van der Waals surface area contributed by atoms with E-state index >= 15 is 0 Å². The van der Waals surface area contributed by atoms with E-state index in [-0.39, 0.29) is 24.8 Å². The van der Waals surface area contributed by atoms with Crippen LogP contribution in [0.25, 0.3) is 0 Å². The number of ether oxygens (including phenoxy) is 1. The molecule has 0 fully saturated rings. The van der Waals surface area contributed by atoms with E-state index in [4.69, 9.17) is 4.74 Å². The van der Waals surface area contributed by atoms with Crippen LogP contribution in [0.15, 0.2) is 24.7 Å². The molecule has 2 nitrogen and oxygen atoms in total. The van der Waals surface area contributed by atoms with E-state index < -0.39 is 18.4 Å². The normalized spacial score (nSPS) is 14.1. The summed E-state index contributed by atoms with van der Waals surface area (Å²) < 4.78 is 5.30. The molecular weight excluding hydrogens is 278 g/mol. The van der Waals surface area contributed by atoms with Crippen molar-refractivity contribution in [2.24, 2.45) is 0 Å². The average molecular weight is 297 g/mol. The Morgan fingerprint density at radius 2 is 2.00 bits per heavy atom. The van der Waals surface area contributed by atoms with Gasteiger partial charge in [0.15, 0.2) is 0 Å². The Balaban J connectivity index is 0. The van der Waals surface area contributed by atoms with Gasteiger partial charge in [-0.2, -0.15) is 0 Å². The van der Waals surface area contributed by atoms with Crippen molar-refractivity contribution >= 4 is 18.4 Å². The van der Waals surface area contributed by atoms with Crippen molar-refractivity contribution in [3.05, 3.63) is 24.7 Å². The zero-order valence-corrected chi connectivity index (χ0v) is 12.8. The molecule has 0 N–H and O–H groups in total. The molecule has 0 spiro atoms. The standard InChI is InChI=1S/C7H11O2.3CH3.Li.Sn/c1-3-5-7(8)9-6-4-2;;;;;/h3-5,8H,2,6H2,1H3;3*1H3;;/q;;;;+1;/p-1/b7-5+;;;;;. The van der Waals surface area contributed by atoms with E-state index in [2.05, 4.69) is 28.3 Å². The molecule has 76 valence electrons. The summed E-state index contributed by atoms with van der Waals surface area (Å²) >= 11 is -1.94. The Bertz CT molecular complexity index is 197. The minimum absolute atomic E-state index is 0. The summed E-state index contributed by atoms with van der Waals surface area (Å²) in [5.74, 6) is -0.209. The van der Waals surface area contributed by atoms with Crippen LogP contribution in [0.1, 0.15) is 6.92 Å². The Hall–Kier alpha value is 0.476. The second-order valence-electron chi connectivity index (χ2n) is 4.24. The van der Waals surface area contributed by atoms with E-state index in [1.54, 1.807) is 12.2 Å². The predicted molar refractivity (Wildman–Crippen MR) is 57.0 cm³/mol. The molecule has 0 aliphatic rings. The van der Waals surface area contributed by atoms with Crippen molar-refractivity contribution in [3.8, 4) is 0 Å². The summed E-state index contributed by atoms with van der Waals surface area (Å²) in [6, 6.07) is 0. The number of allylic oxidation sites excluding steroid dienone is 1. The fourth-order valence-electron chi connectivity index (χ4n) is 0.643. The summed E-state index contributed by atoms with van der Waals surface area (Å²) in [5.41, 5.74) is 0.